The van der Waals surface area contributed by atoms with E-state index in [1.807, 2.05) is 18.2 Å². The minimum atomic E-state index is -0.377. The monoisotopic (exact) mass is 423 g/mol. The molecule has 0 amide bonds. The predicted molar refractivity (Wildman–Crippen MR) is 79.0 cm³/mol. The van der Waals surface area contributed by atoms with Crippen LogP contribution in [0.3, 0.4) is 0 Å². The summed E-state index contributed by atoms with van der Waals surface area (Å²) in [7, 11) is 1.58. The first-order chi connectivity index (χ1) is 8.61. The maximum absolute atomic E-state index is 5.84. The maximum Gasteiger partial charge on any atom is 0.259 e. The number of hydrogen-bond acceptors (Lipinski definition) is 5. The van der Waals surface area contributed by atoms with Crippen molar-refractivity contribution >= 4 is 38.5 Å². The van der Waals surface area contributed by atoms with E-state index in [1.165, 1.54) is 0 Å². The second-order valence-electron chi connectivity index (χ2n) is 3.64. The molecule has 18 heavy (non-hydrogen) atoms. The van der Waals surface area contributed by atoms with Crippen LogP contribution in [-0.2, 0) is 4.74 Å². The van der Waals surface area contributed by atoms with E-state index < -0.39 is 0 Å². The Hall–Kier alpha value is -0.510. The van der Waals surface area contributed by atoms with Crippen molar-refractivity contribution < 1.29 is 9.26 Å². The first-order valence-corrected chi connectivity index (χ1v) is 7.02. The van der Waals surface area contributed by atoms with Crippen molar-refractivity contribution in [3.05, 3.63) is 32.1 Å². The van der Waals surface area contributed by atoms with Gasteiger partial charge in [-0.25, -0.2) is 0 Å². The molecule has 0 aliphatic rings. The Balaban J connectivity index is 2.32. The van der Waals surface area contributed by atoms with E-state index in [4.69, 9.17) is 15.0 Å². The Morgan fingerprint density at radius 3 is 3.06 bits per heavy atom. The van der Waals surface area contributed by atoms with Gasteiger partial charge in [0.05, 0.1) is 18.2 Å². The molecule has 1 aromatic heterocycles. The minimum Gasteiger partial charge on any atom is -0.383 e. The van der Waals surface area contributed by atoms with Crippen LogP contribution in [-0.4, -0.2) is 23.9 Å². The zero-order valence-electron chi connectivity index (χ0n) is 9.56. The predicted octanol–water partition coefficient (Wildman–Crippen LogP) is 2.75. The van der Waals surface area contributed by atoms with Crippen LogP contribution in [0.5, 0.6) is 0 Å². The molecule has 5 nitrogen and oxygen atoms in total. The van der Waals surface area contributed by atoms with Gasteiger partial charge in [0.25, 0.3) is 5.89 Å². The van der Waals surface area contributed by atoms with E-state index in [0.29, 0.717) is 18.3 Å². The van der Waals surface area contributed by atoms with Gasteiger partial charge in [0.1, 0.15) is 0 Å². The van der Waals surface area contributed by atoms with Gasteiger partial charge in [-0.1, -0.05) is 21.1 Å². The fourth-order valence-corrected chi connectivity index (χ4v) is 2.34. The lowest BCUT2D eigenvalue weighted by atomic mass is 10.2. The van der Waals surface area contributed by atoms with Crippen LogP contribution >= 0.6 is 38.5 Å². The molecule has 0 radical (unpaired) electrons. The summed E-state index contributed by atoms with van der Waals surface area (Å²) in [6.07, 6.45) is 0. The van der Waals surface area contributed by atoms with Crippen LogP contribution in [0.25, 0.3) is 11.5 Å². The fourth-order valence-electron chi connectivity index (χ4n) is 1.41. The molecule has 1 aromatic carbocycles. The van der Waals surface area contributed by atoms with E-state index in [9.17, 15) is 0 Å². The van der Waals surface area contributed by atoms with Crippen LogP contribution in [0.4, 0.5) is 0 Å². The van der Waals surface area contributed by atoms with Crippen molar-refractivity contribution in [3.63, 3.8) is 0 Å². The lowest BCUT2D eigenvalue weighted by Crippen LogP contribution is -2.17. The second-order valence-corrected chi connectivity index (χ2v) is 5.72. The number of nitrogens with zero attached hydrogens (tertiary/aromatic N) is 2. The lowest BCUT2D eigenvalue weighted by Gasteiger charge is -2.03. The Morgan fingerprint density at radius 2 is 2.33 bits per heavy atom. The van der Waals surface area contributed by atoms with Crippen molar-refractivity contribution in [1.29, 1.82) is 0 Å². The Bertz CT molecular complexity index is 547. The number of hydrogen-bond donors (Lipinski definition) is 1. The number of ether oxygens (including phenoxy) is 1. The van der Waals surface area contributed by atoms with E-state index in [1.54, 1.807) is 7.11 Å². The quantitative estimate of drug-likeness (QED) is 0.765. The minimum absolute atomic E-state index is 0.356. The molecule has 0 bridgehead atoms. The largest absolute Gasteiger partial charge is 0.383 e. The third-order valence-electron chi connectivity index (χ3n) is 2.28. The molecule has 96 valence electrons. The molecule has 1 atom stereocenters. The summed E-state index contributed by atoms with van der Waals surface area (Å²) in [5.74, 6) is 0.907. The number of aromatic nitrogens is 2. The molecule has 0 saturated heterocycles. The standard InChI is InChI=1S/C11H11BrIN3O2/c1-17-5-9(14)10-15-11(18-16-10)7-4-6(12)2-3-8(7)13/h2-4,9H,5,14H2,1H3. The Morgan fingerprint density at radius 1 is 1.56 bits per heavy atom. The number of rotatable bonds is 4. The van der Waals surface area contributed by atoms with E-state index in [2.05, 4.69) is 48.7 Å². The van der Waals surface area contributed by atoms with Gasteiger partial charge in [-0.3, -0.25) is 0 Å². The van der Waals surface area contributed by atoms with Gasteiger partial charge < -0.3 is 15.0 Å². The van der Waals surface area contributed by atoms with Crippen molar-refractivity contribution in [2.24, 2.45) is 5.73 Å². The van der Waals surface area contributed by atoms with E-state index in [-0.39, 0.29) is 6.04 Å². The zero-order valence-corrected chi connectivity index (χ0v) is 13.3. The molecule has 1 unspecified atom stereocenters. The number of benzene rings is 1. The molecule has 2 N–H and O–H groups in total. The molecular weight excluding hydrogens is 413 g/mol. The van der Waals surface area contributed by atoms with Gasteiger partial charge in [0.2, 0.25) is 0 Å². The average Bonchev–Trinajstić information content (AvgIpc) is 2.82. The van der Waals surface area contributed by atoms with Gasteiger partial charge in [-0.15, -0.1) is 0 Å². The van der Waals surface area contributed by atoms with Crippen molar-refractivity contribution in [3.8, 4) is 11.5 Å². The third-order valence-corrected chi connectivity index (χ3v) is 3.71. The zero-order chi connectivity index (χ0) is 13.1. The van der Waals surface area contributed by atoms with Crippen LogP contribution in [0, 0.1) is 3.57 Å². The molecule has 1 heterocycles. The molecule has 0 aliphatic heterocycles. The topological polar surface area (TPSA) is 74.2 Å². The smallest absolute Gasteiger partial charge is 0.259 e. The summed E-state index contributed by atoms with van der Waals surface area (Å²) in [4.78, 5) is 4.29. The van der Waals surface area contributed by atoms with Gasteiger partial charge in [-0.2, -0.15) is 4.98 Å². The summed E-state index contributed by atoms with van der Waals surface area (Å²) < 4.78 is 12.2. The number of methoxy groups -OCH3 is 1. The summed E-state index contributed by atoms with van der Waals surface area (Å²) in [6, 6.07) is 5.48. The Kier molecular flexibility index (Phi) is 4.71. The Labute approximate surface area is 126 Å². The summed E-state index contributed by atoms with van der Waals surface area (Å²) in [5, 5.41) is 3.87. The summed E-state index contributed by atoms with van der Waals surface area (Å²) >= 11 is 5.64. The van der Waals surface area contributed by atoms with Crippen LogP contribution in [0.2, 0.25) is 0 Å². The normalized spacial score (nSPS) is 12.7. The molecule has 0 saturated carbocycles. The maximum atomic E-state index is 5.84. The summed E-state index contributed by atoms with van der Waals surface area (Å²) in [5.41, 5.74) is 6.73. The highest BCUT2D eigenvalue weighted by Gasteiger charge is 2.16. The van der Waals surface area contributed by atoms with Crippen LogP contribution < -0.4 is 5.73 Å². The van der Waals surface area contributed by atoms with Gasteiger partial charge in [-0.05, 0) is 40.8 Å². The fraction of sp³-hybridized carbons (Fsp3) is 0.273. The first kappa shape index (κ1) is 13.9. The van der Waals surface area contributed by atoms with Crippen molar-refractivity contribution in [2.75, 3.05) is 13.7 Å². The molecular formula is C11H11BrIN3O2. The van der Waals surface area contributed by atoms with Gasteiger partial charge >= 0.3 is 0 Å². The van der Waals surface area contributed by atoms with E-state index in [0.717, 1.165) is 13.6 Å². The summed E-state index contributed by atoms with van der Waals surface area (Å²) in [6.45, 7) is 0.356. The average molecular weight is 424 g/mol. The number of nitrogens with two attached hydrogens (primary N) is 1. The van der Waals surface area contributed by atoms with Crippen LogP contribution in [0.1, 0.15) is 11.9 Å². The van der Waals surface area contributed by atoms with Gasteiger partial charge in [0.15, 0.2) is 5.82 Å². The highest BCUT2D eigenvalue weighted by atomic mass is 127. The first-order valence-electron chi connectivity index (χ1n) is 5.15. The van der Waals surface area contributed by atoms with Gasteiger partial charge in [0, 0.05) is 15.2 Å². The van der Waals surface area contributed by atoms with Crippen LogP contribution in [0.15, 0.2) is 27.2 Å². The van der Waals surface area contributed by atoms with Crippen molar-refractivity contribution in [1.82, 2.24) is 10.1 Å². The third kappa shape index (κ3) is 3.08. The highest BCUT2D eigenvalue weighted by molar-refractivity contribution is 14.1. The molecule has 2 rings (SSSR count). The van der Waals surface area contributed by atoms with E-state index >= 15 is 0 Å². The molecule has 0 spiro atoms. The highest BCUT2D eigenvalue weighted by Crippen LogP contribution is 2.27. The SMILES string of the molecule is COCC(N)c1noc(-c2cc(Br)ccc2I)n1. The molecule has 0 aliphatic carbocycles. The van der Waals surface area contributed by atoms with Crippen molar-refractivity contribution in [2.45, 2.75) is 6.04 Å². The molecule has 0 fully saturated rings. The molecule has 7 heteroatoms. The molecule has 2 aromatic rings. The lowest BCUT2D eigenvalue weighted by molar-refractivity contribution is 0.177. The number of halogens is 2. The second kappa shape index (κ2) is 6.09.